The molecule has 14 atom stereocenters. The Morgan fingerprint density at radius 3 is 1.49 bits per heavy atom. The van der Waals surface area contributed by atoms with Gasteiger partial charge in [-0.05, 0) is 88.5 Å². The van der Waals surface area contributed by atoms with Crippen molar-refractivity contribution in [3.05, 3.63) is 12.2 Å². The summed E-state index contributed by atoms with van der Waals surface area (Å²) in [7, 11) is 11.1. The maximum absolute atomic E-state index is 15.3. The molecule has 1 aliphatic rings. The number of nitrogens with one attached hydrogen (secondary N) is 1. The lowest BCUT2D eigenvalue weighted by Gasteiger charge is -2.41. The number of allylic oxidation sites excluding steroid dienone is 2. The first kappa shape index (κ1) is 87.2. The molecule has 0 saturated carbocycles. The zero-order valence-corrected chi connectivity index (χ0v) is 62.2. The zero-order chi connectivity index (χ0) is 73.8. The highest BCUT2D eigenvalue weighted by Crippen LogP contribution is 2.30. The van der Waals surface area contributed by atoms with Crippen LogP contribution < -0.4 is 5.32 Å². The first-order chi connectivity index (χ1) is 43.7. The number of halogens is 3. The number of ether oxygens (including phenoxy) is 1. The van der Waals surface area contributed by atoms with Crippen molar-refractivity contribution < 1.29 is 75.8 Å². The number of Topliss-reactive ketones (excluding diaryl/α,β-unsaturated/α-hetero) is 3. The number of alkyl halides is 3. The molecule has 8 amide bonds. The van der Waals surface area contributed by atoms with Crippen molar-refractivity contribution in [2.24, 2.45) is 59.2 Å². The number of aliphatic hydroxyl groups is 1. The Balaban J connectivity index is 4.45. The van der Waals surface area contributed by atoms with Gasteiger partial charge in [0.1, 0.15) is 42.0 Å². The van der Waals surface area contributed by atoms with Crippen molar-refractivity contribution in [2.45, 2.75) is 230 Å². The van der Waals surface area contributed by atoms with Crippen LogP contribution in [0.1, 0.15) is 169 Å². The number of hydrogen-bond donors (Lipinski definition) is 2. The van der Waals surface area contributed by atoms with Crippen molar-refractivity contribution in [3.63, 3.8) is 0 Å². The van der Waals surface area contributed by atoms with Crippen LogP contribution in [-0.2, 0) is 57.5 Å². The Labute approximate surface area is 566 Å². The number of likely N-dealkylation sites (N-methyl/N-ethyl adjacent to an activating group) is 8. The van der Waals surface area contributed by atoms with Gasteiger partial charge in [-0.1, -0.05) is 116 Å². The molecule has 0 aliphatic carbocycles. The monoisotopic (exact) mass is 1350 g/mol. The van der Waals surface area contributed by atoms with Crippen molar-refractivity contribution in [3.8, 4) is 0 Å². The van der Waals surface area contributed by atoms with E-state index >= 15 is 24.0 Å². The molecule has 95 heavy (non-hydrogen) atoms. The average Bonchev–Trinajstić information content (AvgIpc) is 0.816. The van der Waals surface area contributed by atoms with Crippen LogP contribution in [0.4, 0.5) is 13.2 Å². The molecule has 0 aromatic carbocycles. The highest BCUT2D eigenvalue weighted by Gasteiger charge is 2.47. The maximum Gasteiger partial charge on any atom is 0.401 e. The largest absolute Gasteiger partial charge is 0.401 e. The molecule has 0 aromatic heterocycles. The van der Waals surface area contributed by atoms with Gasteiger partial charge in [-0.2, -0.15) is 13.2 Å². The third-order valence-electron chi connectivity index (χ3n) is 18.7. The average molecular weight is 1350 g/mol. The summed E-state index contributed by atoms with van der Waals surface area (Å²) in [6, 6.07) is -10.4. The Bertz CT molecular complexity index is 2600. The smallest absolute Gasteiger partial charge is 0.390 e. The minimum atomic E-state index is -4.47. The van der Waals surface area contributed by atoms with Crippen LogP contribution in [0.15, 0.2) is 12.2 Å². The van der Waals surface area contributed by atoms with E-state index in [0.717, 1.165) is 19.6 Å². The fourth-order valence-corrected chi connectivity index (χ4v) is 12.6. The highest BCUT2D eigenvalue weighted by atomic mass is 19.4. The van der Waals surface area contributed by atoms with E-state index in [1.807, 2.05) is 41.5 Å². The normalized spacial score (nSPS) is 26.9. The van der Waals surface area contributed by atoms with E-state index < -0.39 is 180 Å². The van der Waals surface area contributed by atoms with Crippen molar-refractivity contribution >= 4 is 64.6 Å². The summed E-state index contributed by atoms with van der Waals surface area (Å²) in [6.45, 7) is 27.6. The SMILES string of the molecule is C/C=C/C[C@@H](C)[C@@H](O)[C@H]1C(=O)N[C@@H](CC)C(=O)N(C)[C@H](C)C(=O)N(C)[C@@H]([C@H](C)COCCN(C)CC(F)(F)F)C(=O)C[C@@H](C(C)C)C(=O)N(C)[C@@H](CC(C)C)C(=O)C[C@@H](C)C(=O)C[C@H](C)C(=O)N(C)[C@@H](CC(C)C)C(=O)N(C)[C@@H](CC(C)C)C(=O)N(C)[C@@H](C(C)C)C(=O)N1C. The van der Waals surface area contributed by atoms with Crippen LogP contribution >= 0.6 is 0 Å². The van der Waals surface area contributed by atoms with E-state index in [-0.39, 0.29) is 82.5 Å². The number of amides is 8. The number of ketones is 3. The predicted octanol–water partition coefficient (Wildman–Crippen LogP) is 7.03. The molecule has 1 fully saturated rings. The summed E-state index contributed by atoms with van der Waals surface area (Å²) < 4.78 is 45.5. The van der Waals surface area contributed by atoms with E-state index in [1.165, 1.54) is 82.9 Å². The fraction of sp³-hybridized carbons (Fsp3) is 0.814. The van der Waals surface area contributed by atoms with Crippen LogP contribution in [0.5, 0.6) is 0 Å². The van der Waals surface area contributed by atoms with Gasteiger partial charge in [-0.15, -0.1) is 0 Å². The van der Waals surface area contributed by atoms with Crippen LogP contribution in [0.2, 0.25) is 0 Å². The predicted molar refractivity (Wildman–Crippen MR) is 361 cm³/mol. The number of nitrogens with zero attached hydrogens (tertiary/aromatic N) is 8. The zero-order valence-electron chi connectivity index (χ0n) is 62.2. The molecule has 2 N–H and O–H groups in total. The Morgan fingerprint density at radius 2 is 1.02 bits per heavy atom. The minimum Gasteiger partial charge on any atom is -0.390 e. The van der Waals surface area contributed by atoms with E-state index in [2.05, 4.69) is 5.32 Å². The molecule has 0 aromatic rings. The van der Waals surface area contributed by atoms with Gasteiger partial charge in [-0.25, -0.2) is 0 Å². The molecule has 1 saturated heterocycles. The van der Waals surface area contributed by atoms with E-state index in [0.29, 0.717) is 0 Å². The molecular formula is C70H122F3N9O13. The quantitative estimate of drug-likeness (QED) is 0.0917. The number of carbonyl (C=O) groups excluding carboxylic acids is 11. The van der Waals surface area contributed by atoms with Crippen LogP contribution in [0, 0.1) is 59.2 Å². The van der Waals surface area contributed by atoms with Gasteiger partial charge in [0.25, 0.3) is 0 Å². The second-order valence-corrected chi connectivity index (χ2v) is 29.1. The Hall–Kier alpha value is -5.82. The Kier molecular flexibility index (Phi) is 36.3. The summed E-state index contributed by atoms with van der Waals surface area (Å²) in [4.78, 5) is 173. The second kappa shape index (κ2) is 39.5. The Morgan fingerprint density at radius 1 is 0.558 bits per heavy atom. The number of carbonyl (C=O) groups is 11. The number of hydrogen-bond acceptors (Lipinski definition) is 14. The lowest BCUT2D eigenvalue weighted by Crippen LogP contribution is -2.63. The molecule has 0 spiro atoms. The van der Waals surface area contributed by atoms with E-state index in [9.17, 15) is 47.0 Å². The molecule has 1 aliphatic heterocycles. The summed E-state index contributed by atoms with van der Waals surface area (Å²) in [5, 5.41) is 14.9. The molecule has 0 unspecified atom stereocenters. The van der Waals surface area contributed by atoms with Gasteiger partial charge >= 0.3 is 6.18 Å². The topological polar surface area (TPSA) is 255 Å². The van der Waals surface area contributed by atoms with Crippen LogP contribution in [0.3, 0.4) is 0 Å². The fourth-order valence-electron chi connectivity index (χ4n) is 12.6. The van der Waals surface area contributed by atoms with Crippen molar-refractivity contribution in [1.82, 2.24) is 44.5 Å². The molecule has 22 nitrogen and oxygen atoms in total. The summed E-state index contributed by atoms with van der Waals surface area (Å²) >= 11 is 0. The molecule has 0 radical (unpaired) electrons. The van der Waals surface area contributed by atoms with Crippen LogP contribution in [0.25, 0.3) is 0 Å². The van der Waals surface area contributed by atoms with Gasteiger partial charge in [0.15, 0.2) is 11.6 Å². The molecular weight excluding hydrogens is 1230 g/mol. The highest BCUT2D eigenvalue weighted by molar-refractivity contribution is 6.00. The van der Waals surface area contributed by atoms with Gasteiger partial charge < -0.3 is 49.5 Å². The number of rotatable bonds is 20. The maximum atomic E-state index is 15.3. The minimum absolute atomic E-state index is 0.0515. The summed E-state index contributed by atoms with van der Waals surface area (Å²) in [5.41, 5.74) is 0. The first-order valence-electron chi connectivity index (χ1n) is 34.1. The standard InChI is InChI=1S/C70H122F3N9O13/c1-26-28-29-45(13)61(86)60-62(87)74-51(27-2)66(91)76(19)49(17)64(89)81(24)59(48(16)38-95-31-30-75(18)39-70(71,72)73)57(85)37-50(43(9)10)65(90)77(20)52(32-40(3)4)56(84)35-46(14)55(83)36-47(15)63(88)78(21)53(33-41(5)6)67(92)79(22)54(34-42(7)8)68(93)80(23)58(44(11)12)69(94)82(60)25/h26,28,40-54,58-61,86H,27,29-39H2,1-25H3,(H,74,87)/b28-26+/t45-,46-,47+,48-,49-,50+,51+,52+,53+,54+,58+,59+,60+,61-/m1/s1. The summed E-state index contributed by atoms with van der Waals surface area (Å²) in [6.07, 6.45) is -2.83. The molecule has 25 heteroatoms. The molecule has 1 heterocycles. The molecule has 0 bridgehead atoms. The van der Waals surface area contributed by atoms with E-state index in [4.69, 9.17) is 4.74 Å². The van der Waals surface area contributed by atoms with Crippen LogP contribution in [-0.4, -0.2) is 252 Å². The van der Waals surface area contributed by atoms with E-state index in [1.54, 1.807) is 81.4 Å². The van der Waals surface area contributed by atoms with Gasteiger partial charge in [0.2, 0.25) is 47.3 Å². The molecule has 546 valence electrons. The third kappa shape index (κ3) is 25.5. The van der Waals surface area contributed by atoms with Gasteiger partial charge in [0, 0.05) is 98.8 Å². The lowest BCUT2D eigenvalue weighted by molar-refractivity contribution is -0.157. The number of aliphatic hydroxyl groups excluding tert-OH is 1. The van der Waals surface area contributed by atoms with Gasteiger partial charge in [-0.3, -0.25) is 57.6 Å². The lowest BCUT2D eigenvalue weighted by atomic mass is 9.83. The van der Waals surface area contributed by atoms with Gasteiger partial charge in [0.05, 0.1) is 37.9 Å². The molecule has 1 rings (SSSR count). The van der Waals surface area contributed by atoms with Crippen molar-refractivity contribution in [1.29, 1.82) is 0 Å². The van der Waals surface area contributed by atoms with Crippen molar-refractivity contribution in [2.75, 3.05) is 82.7 Å². The first-order valence-corrected chi connectivity index (χ1v) is 34.1. The third-order valence-corrected chi connectivity index (χ3v) is 18.7. The summed E-state index contributed by atoms with van der Waals surface area (Å²) in [5.74, 6) is -13.0. The second-order valence-electron chi connectivity index (χ2n) is 29.1.